The number of nitrogens with zero attached hydrogens (tertiary/aromatic N) is 4. The summed E-state index contributed by atoms with van der Waals surface area (Å²) in [5.41, 5.74) is 3.19. The third kappa shape index (κ3) is 3.22. The van der Waals surface area contributed by atoms with Gasteiger partial charge in [0, 0.05) is 43.5 Å². The van der Waals surface area contributed by atoms with Gasteiger partial charge in [-0.15, -0.1) is 0 Å². The SMILES string of the molecule is Cc1nn(C)c(C)c1CN(C)C(=O)c1cc(-c2ccc(F)c(F)c2)on1. The van der Waals surface area contributed by atoms with Crippen LogP contribution in [0.1, 0.15) is 27.4 Å². The fourth-order valence-corrected chi connectivity index (χ4v) is 2.71. The first-order valence-electron chi connectivity index (χ1n) is 7.94. The first-order chi connectivity index (χ1) is 12.3. The van der Waals surface area contributed by atoms with Crippen molar-refractivity contribution >= 4 is 5.91 Å². The van der Waals surface area contributed by atoms with Gasteiger partial charge in [-0.2, -0.15) is 5.10 Å². The summed E-state index contributed by atoms with van der Waals surface area (Å²) in [6.45, 7) is 4.20. The minimum absolute atomic E-state index is 0.0893. The van der Waals surface area contributed by atoms with Gasteiger partial charge in [-0.25, -0.2) is 8.78 Å². The van der Waals surface area contributed by atoms with Gasteiger partial charge < -0.3 is 9.42 Å². The summed E-state index contributed by atoms with van der Waals surface area (Å²) >= 11 is 0. The summed E-state index contributed by atoms with van der Waals surface area (Å²) in [6.07, 6.45) is 0. The van der Waals surface area contributed by atoms with Crippen molar-refractivity contribution in [1.29, 1.82) is 0 Å². The number of aryl methyl sites for hydroxylation is 2. The van der Waals surface area contributed by atoms with Crippen molar-refractivity contribution in [2.75, 3.05) is 7.05 Å². The molecule has 0 saturated heterocycles. The molecule has 2 aromatic heterocycles. The maximum atomic E-state index is 13.4. The maximum absolute atomic E-state index is 13.4. The highest BCUT2D eigenvalue weighted by molar-refractivity contribution is 5.93. The van der Waals surface area contributed by atoms with E-state index in [9.17, 15) is 13.6 Å². The molecule has 0 saturated carbocycles. The second-order valence-electron chi connectivity index (χ2n) is 6.14. The Kier molecular flexibility index (Phi) is 4.58. The van der Waals surface area contributed by atoms with E-state index in [0.717, 1.165) is 29.1 Å². The number of benzene rings is 1. The lowest BCUT2D eigenvalue weighted by Gasteiger charge is -2.15. The molecule has 6 nitrogen and oxygen atoms in total. The molecule has 136 valence electrons. The van der Waals surface area contributed by atoms with Crippen molar-refractivity contribution in [3.63, 3.8) is 0 Å². The lowest BCUT2D eigenvalue weighted by Crippen LogP contribution is -2.27. The molecule has 0 spiro atoms. The third-order valence-electron chi connectivity index (χ3n) is 4.33. The number of aromatic nitrogens is 3. The molecule has 26 heavy (non-hydrogen) atoms. The van der Waals surface area contributed by atoms with Crippen LogP contribution < -0.4 is 0 Å². The third-order valence-corrected chi connectivity index (χ3v) is 4.33. The van der Waals surface area contributed by atoms with E-state index in [2.05, 4.69) is 10.3 Å². The molecule has 0 aliphatic heterocycles. The molecule has 0 aliphatic carbocycles. The lowest BCUT2D eigenvalue weighted by atomic mass is 10.1. The molecule has 2 heterocycles. The molecular weight excluding hydrogens is 342 g/mol. The van der Waals surface area contributed by atoms with Crippen LogP contribution in [0.15, 0.2) is 28.8 Å². The minimum Gasteiger partial charge on any atom is -0.355 e. The van der Waals surface area contributed by atoms with Gasteiger partial charge in [-0.3, -0.25) is 9.48 Å². The van der Waals surface area contributed by atoms with Crippen LogP contribution in [0.2, 0.25) is 0 Å². The van der Waals surface area contributed by atoms with Gasteiger partial charge in [0.1, 0.15) is 0 Å². The van der Waals surface area contributed by atoms with Gasteiger partial charge in [0.2, 0.25) is 0 Å². The standard InChI is InChI=1S/C18H18F2N4O2/c1-10-13(11(2)24(4)21-10)9-23(3)18(25)16-8-17(26-22-16)12-5-6-14(19)15(20)7-12/h5-8H,9H2,1-4H3. The topological polar surface area (TPSA) is 64.2 Å². The van der Waals surface area contributed by atoms with Crippen molar-refractivity contribution < 1.29 is 18.1 Å². The average molecular weight is 360 g/mol. The van der Waals surface area contributed by atoms with E-state index in [-0.39, 0.29) is 17.4 Å². The molecule has 0 radical (unpaired) electrons. The highest BCUT2D eigenvalue weighted by Gasteiger charge is 2.20. The van der Waals surface area contributed by atoms with Gasteiger partial charge in [-0.05, 0) is 32.0 Å². The van der Waals surface area contributed by atoms with Crippen LogP contribution in [0, 0.1) is 25.5 Å². The molecule has 1 aromatic carbocycles. The van der Waals surface area contributed by atoms with E-state index in [1.807, 2.05) is 20.9 Å². The molecule has 8 heteroatoms. The Balaban J connectivity index is 1.80. The smallest absolute Gasteiger partial charge is 0.276 e. The Bertz CT molecular complexity index is 978. The molecule has 3 rings (SSSR count). The Morgan fingerprint density at radius 2 is 1.96 bits per heavy atom. The number of carbonyl (C=O) groups excluding carboxylic acids is 1. The van der Waals surface area contributed by atoms with E-state index in [4.69, 9.17) is 4.52 Å². The highest BCUT2D eigenvalue weighted by Crippen LogP contribution is 2.23. The fraction of sp³-hybridized carbons (Fsp3) is 0.278. The molecular formula is C18H18F2N4O2. The van der Waals surface area contributed by atoms with E-state index in [1.165, 1.54) is 17.0 Å². The number of amides is 1. The molecule has 1 amide bonds. The van der Waals surface area contributed by atoms with Crippen LogP contribution in [0.5, 0.6) is 0 Å². The van der Waals surface area contributed by atoms with Gasteiger partial charge in [0.25, 0.3) is 5.91 Å². The van der Waals surface area contributed by atoms with Crippen LogP contribution in [0.25, 0.3) is 11.3 Å². The van der Waals surface area contributed by atoms with Gasteiger partial charge in [-0.1, -0.05) is 5.16 Å². The second-order valence-corrected chi connectivity index (χ2v) is 6.14. The first-order valence-corrected chi connectivity index (χ1v) is 7.94. The molecule has 0 N–H and O–H groups in total. The van der Waals surface area contributed by atoms with Crippen molar-refractivity contribution in [1.82, 2.24) is 19.8 Å². The van der Waals surface area contributed by atoms with E-state index in [1.54, 1.807) is 11.7 Å². The number of halogens is 2. The molecule has 3 aromatic rings. The van der Waals surface area contributed by atoms with Crippen molar-refractivity contribution in [3.05, 3.63) is 58.5 Å². The highest BCUT2D eigenvalue weighted by atomic mass is 19.2. The summed E-state index contributed by atoms with van der Waals surface area (Å²) in [5.74, 6) is -2.10. The summed E-state index contributed by atoms with van der Waals surface area (Å²) in [6, 6.07) is 4.76. The van der Waals surface area contributed by atoms with Crippen LogP contribution in [0.3, 0.4) is 0 Å². The zero-order chi connectivity index (χ0) is 19.0. The van der Waals surface area contributed by atoms with Crippen molar-refractivity contribution in [3.8, 4) is 11.3 Å². The summed E-state index contributed by atoms with van der Waals surface area (Å²) < 4.78 is 33.3. The van der Waals surface area contributed by atoms with Crippen LogP contribution in [-0.4, -0.2) is 32.8 Å². The van der Waals surface area contributed by atoms with Gasteiger partial charge >= 0.3 is 0 Å². The monoisotopic (exact) mass is 360 g/mol. The fourth-order valence-electron chi connectivity index (χ4n) is 2.71. The minimum atomic E-state index is -0.994. The molecule has 0 fully saturated rings. The van der Waals surface area contributed by atoms with Crippen LogP contribution in [-0.2, 0) is 13.6 Å². The van der Waals surface area contributed by atoms with Crippen LogP contribution in [0.4, 0.5) is 8.78 Å². The van der Waals surface area contributed by atoms with E-state index < -0.39 is 11.6 Å². The summed E-state index contributed by atoms with van der Waals surface area (Å²) in [7, 11) is 3.50. The van der Waals surface area contributed by atoms with E-state index >= 15 is 0 Å². The second kappa shape index (κ2) is 6.70. The zero-order valence-corrected chi connectivity index (χ0v) is 14.9. The largest absolute Gasteiger partial charge is 0.355 e. The Hall–Kier alpha value is -3.03. The summed E-state index contributed by atoms with van der Waals surface area (Å²) in [4.78, 5) is 14.1. The first kappa shape index (κ1) is 17.8. The van der Waals surface area contributed by atoms with Crippen molar-refractivity contribution in [2.24, 2.45) is 7.05 Å². The Morgan fingerprint density at radius 1 is 1.23 bits per heavy atom. The van der Waals surface area contributed by atoms with Gasteiger partial charge in [0.15, 0.2) is 23.1 Å². The average Bonchev–Trinajstić information content (AvgIpc) is 3.18. The quantitative estimate of drug-likeness (QED) is 0.716. The number of carbonyl (C=O) groups is 1. The van der Waals surface area contributed by atoms with Crippen LogP contribution >= 0.6 is 0 Å². The molecule has 0 atom stereocenters. The number of rotatable bonds is 4. The zero-order valence-electron chi connectivity index (χ0n) is 14.9. The Labute approximate surface area is 149 Å². The van der Waals surface area contributed by atoms with Gasteiger partial charge in [0.05, 0.1) is 5.69 Å². The molecule has 0 aliphatic rings. The maximum Gasteiger partial charge on any atom is 0.276 e. The Morgan fingerprint density at radius 3 is 2.58 bits per heavy atom. The molecule has 0 unspecified atom stereocenters. The lowest BCUT2D eigenvalue weighted by molar-refractivity contribution is 0.0774. The number of hydrogen-bond donors (Lipinski definition) is 0. The normalized spacial score (nSPS) is 11.0. The summed E-state index contributed by atoms with van der Waals surface area (Å²) in [5, 5.41) is 8.09. The predicted molar refractivity (Wildman–Crippen MR) is 90.3 cm³/mol. The number of hydrogen-bond acceptors (Lipinski definition) is 4. The van der Waals surface area contributed by atoms with Crippen molar-refractivity contribution in [2.45, 2.75) is 20.4 Å². The predicted octanol–water partition coefficient (Wildman–Crippen LogP) is 3.24. The molecule has 0 bridgehead atoms. The van der Waals surface area contributed by atoms with E-state index in [0.29, 0.717) is 12.1 Å².